The summed E-state index contributed by atoms with van der Waals surface area (Å²) in [4.78, 5) is 4.96. The molecule has 0 saturated carbocycles. The van der Waals surface area contributed by atoms with E-state index in [1.54, 1.807) is 18.3 Å². The van der Waals surface area contributed by atoms with Gasteiger partial charge in [0.15, 0.2) is 5.13 Å². The Morgan fingerprint density at radius 1 is 1.25 bits per heavy atom. The average molecular weight is 240 g/mol. The predicted molar refractivity (Wildman–Crippen MR) is 60.7 cm³/mol. The third-order valence-corrected chi connectivity index (χ3v) is 3.01. The third-order valence-electron chi connectivity index (χ3n) is 2.18. The molecular weight excluding hydrogens is 230 g/mol. The van der Waals surface area contributed by atoms with Gasteiger partial charge in [-0.05, 0) is 5.56 Å². The van der Waals surface area contributed by atoms with Crippen LogP contribution in [0.25, 0.3) is 0 Å². The van der Waals surface area contributed by atoms with Crippen LogP contribution in [0.2, 0.25) is 0 Å². The third kappa shape index (κ3) is 2.55. The number of benzene rings is 1. The Bertz CT molecular complexity index is 465. The maximum absolute atomic E-state index is 12.3. The van der Waals surface area contributed by atoms with Crippen LogP contribution in [0, 0.1) is 0 Å². The number of hydrogen-bond donors (Lipinski definition) is 1. The molecule has 1 aromatic heterocycles. The Balaban J connectivity index is 2.11. The van der Waals surface area contributed by atoms with Gasteiger partial charge in [0, 0.05) is 23.1 Å². The molecule has 0 unspecified atom stereocenters. The minimum Gasteiger partial charge on any atom is -0.375 e. The summed E-state index contributed by atoms with van der Waals surface area (Å²) in [6.45, 7) is 0. The molecular formula is C11H10F2N2S. The topological polar surface area (TPSA) is 38.9 Å². The first kappa shape index (κ1) is 11.0. The molecule has 0 radical (unpaired) electrons. The second-order valence-electron chi connectivity index (χ2n) is 3.38. The minimum absolute atomic E-state index is 0.0487. The van der Waals surface area contributed by atoms with Gasteiger partial charge in [-0.25, -0.2) is 13.8 Å². The lowest BCUT2D eigenvalue weighted by molar-refractivity contribution is 0.151. The van der Waals surface area contributed by atoms with Gasteiger partial charge >= 0.3 is 0 Å². The lowest BCUT2D eigenvalue weighted by Gasteiger charge is -2.01. The molecule has 0 aliphatic carbocycles. The first-order valence-corrected chi connectivity index (χ1v) is 5.54. The highest BCUT2D eigenvalue weighted by molar-refractivity contribution is 7.15. The number of nitrogens with two attached hydrogens (primary N) is 1. The highest BCUT2D eigenvalue weighted by atomic mass is 32.1. The van der Waals surface area contributed by atoms with Crippen molar-refractivity contribution in [3.8, 4) is 0 Å². The fraction of sp³-hybridized carbons (Fsp3) is 0.182. The second-order valence-corrected chi connectivity index (χ2v) is 4.53. The van der Waals surface area contributed by atoms with Gasteiger partial charge in [-0.1, -0.05) is 24.3 Å². The molecule has 0 bridgehead atoms. The van der Waals surface area contributed by atoms with Crippen molar-refractivity contribution in [3.05, 3.63) is 46.5 Å². The summed E-state index contributed by atoms with van der Waals surface area (Å²) in [5.74, 6) is 0. The van der Waals surface area contributed by atoms with Crippen molar-refractivity contribution in [3.63, 3.8) is 0 Å². The lowest BCUT2D eigenvalue weighted by Crippen LogP contribution is -1.87. The number of rotatable bonds is 3. The van der Waals surface area contributed by atoms with Crippen LogP contribution in [0.15, 0.2) is 30.5 Å². The smallest absolute Gasteiger partial charge is 0.263 e. The lowest BCUT2D eigenvalue weighted by atomic mass is 10.1. The van der Waals surface area contributed by atoms with Gasteiger partial charge in [0.05, 0.1) is 0 Å². The summed E-state index contributed by atoms with van der Waals surface area (Å²) in [6, 6.07) is 6.31. The summed E-state index contributed by atoms with van der Waals surface area (Å²) in [5, 5.41) is 0.527. The zero-order valence-electron chi connectivity index (χ0n) is 8.36. The molecule has 16 heavy (non-hydrogen) atoms. The maximum atomic E-state index is 12.3. The number of hydrogen-bond acceptors (Lipinski definition) is 3. The molecule has 0 aliphatic rings. The maximum Gasteiger partial charge on any atom is 0.263 e. The Hall–Kier alpha value is -1.49. The van der Waals surface area contributed by atoms with Gasteiger partial charge in [-0.2, -0.15) is 0 Å². The highest BCUT2D eigenvalue weighted by Crippen LogP contribution is 2.22. The normalized spacial score (nSPS) is 10.9. The molecule has 1 aromatic carbocycles. The van der Waals surface area contributed by atoms with E-state index < -0.39 is 6.43 Å². The number of thiazole rings is 1. The van der Waals surface area contributed by atoms with Crippen LogP contribution in [0.4, 0.5) is 13.9 Å². The number of alkyl halides is 2. The molecule has 84 valence electrons. The van der Waals surface area contributed by atoms with E-state index in [-0.39, 0.29) is 5.56 Å². The van der Waals surface area contributed by atoms with E-state index in [0.717, 1.165) is 10.4 Å². The molecule has 2 nitrogen and oxygen atoms in total. The molecule has 0 aliphatic heterocycles. The number of nitrogen functional groups attached to an aromatic ring is 1. The number of nitrogens with zero attached hydrogens (tertiary/aromatic N) is 1. The summed E-state index contributed by atoms with van der Waals surface area (Å²) < 4.78 is 24.6. The number of anilines is 1. The van der Waals surface area contributed by atoms with Gasteiger partial charge in [-0.15, -0.1) is 11.3 Å². The Morgan fingerprint density at radius 3 is 2.44 bits per heavy atom. The Morgan fingerprint density at radius 2 is 1.94 bits per heavy atom. The monoisotopic (exact) mass is 240 g/mol. The summed E-state index contributed by atoms with van der Waals surface area (Å²) in [6.07, 6.45) is -0.0209. The second kappa shape index (κ2) is 4.57. The van der Waals surface area contributed by atoms with Crippen LogP contribution >= 0.6 is 11.3 Å². The van der Waals surface area contributed by atoms with Gasteiger partial charge in [0.1, 0.15) is 0 Å². The van der Waals surface area contributed by atoms with Crippen LogP contribution in [0.3, 0.4) is 0 Å². The number of halogens is 2. The molecule has 5 heteroatoms. The van der Waals surface area contributed by atoms with E-state index >= 15 is 0 Å². The summed E-state index contributed by atoms with van der Waals surface area (Å²) in [7, 11) is 0. The number of aromatic nitrogens is 1. The molecule has 0 atom stereocenters. The van der Waals surface area contributed by atoms with E-state index in [9.17, 15) is 8.78 Å². The van der Waals surface area contributed by atoms with Crippen molar-refractivity contribution < 1.29 is 8.78 Å². The van der Waals surface area contributed by atoms with Gasteiger partial charge in [0.2, 0.25) is 0 Å². The summed E-state index contributed by atoms with van der Waals surface area (Å²) >= 11 is 1.41. The zero-order valence-corrected chi connectivity index (χ0v) is 9.18. The molecule has 1 heterocycles. The van der Waals surface area contributed by atoms with E-state index in [0.29, 0.717) is 11.6 Å². The van der Waals surface area contributed by atoms with Crippen molar-refractivity contribution in [2.45, 2.75) is 12.8 Å². The van der Waals surface area contributed by atoms with Crippen molar-refractivity contribution in [2.75, 3.05) is 5.73 Å². The molecule has 0 spiro atoms. The molecule has 0 amide bonds. The molecule has 0 saturated heterocycles. The van der Waals surface area contributed by atoms with Gasteiger partial charge in [-0.3, -0.25) is 0 Å². The van der Waals surface area contributed by atoms with Crippen LogP contribution in [0.5, 0.6) is 0 Å². The van der Waals surface area contributed by atoms with Crippen LogP contribution in [0.1, 0.15) is 22.4 Å². The van der Waals surface area contributed by atoms with Crippen molar-refractivity contribution in [1.29, 1.82) is 0 Å². The van der Waals surface area contributed by atoms with E-state index in [1.807, 2.05) is 0 Å². The van der Waals surface area contributed by atoms with Crippen molar-refractivity contribution in [1.82, 2.24) is 4.98 Å². The Kier molecular flexibility index (Phi) is 3.14. The molecule has 2 N–H and O–H groups in total. The van der Waals surface area contributed by atoms with E-state index in [4.69, 9.17) is 5.73 Å². The zero-order chi connectivity index (χ0) is 11.5. The first-order valence-electron chi connectivity index (χ1n) is 4.72. The van der Waals surface area contributed by atoms with Crippen molar-refractivity contribution in [2.24, 2.45) is 0 Å². The quantitative estimate of drug-likeness (QED) is 0.894. The fourth-order valence-corrected chi connectivity index (χ4v) is 2.10. The Labute approximate surface area is 95.7 Å². The predicted octanol–water partition coefficient (Wildman–Crippen LogP) is 3.25. The van der Waals surface area contributed by atoms with Crippen LogP contribution in [-0.4, -0.2) is 4.98 Å². The van der Waals surface area contributed by atoms with Crippen LogP contribution in [-0.2, 0) is 6.42 Å². The minimum atomic E-state index is -2.41. The molecule has 2 aromatic rings. The van der Waals surface area contributed by atoms with Gasteiger partial charge < -0.3 is 5.73 Å². The largest absolute Gasteiger partial charge is 0.375 e. The highest BCUT2D eigenvalue weighted by Gasteiger charge is 2.06. The SMILES string of the molecule is Nc1ncc(Cc2ccc(C(F)F)cc2)s1. The molecule has 0 fully saturated rings. The van der Waals surface area contributed by atoms with Crippen LogP contribution < -0.4 is 5.73 Å². The van der Waals surface area contributed by atoms with E-state index in [1.165, 1.54) is 23.5 Å². The molecule has 2 rings (SSSR count). The van der Waals surface area contributed by atoms with E-state index in [2.05, 4.69) is 4.98 Å². The summed E-state index contributed by atoms with van der Waals surface area (Å²) in [5.41, 5.74) is 6.53. The first-order chi connectivity index (χ1) is 7.65. The van der Waals surface area contributed by atoms with Crippen molar-refractivity contribution >= 4 is 16.5 Å². The standard InChI is InChI=1S/C11H10F2N2S/c12-10(13)8-3-1-7(2-4-8)5-9-6-15-11(14)16-9/h1-4,6,10H,5H2,(H2,14,15). The fourth-order valence-electron chi connectivity index (χ4n) is 1.39. The van der Waals surface area contributed by atoms with Gasteiger partial charge in [0.25, 0.3) is 6.43 Å². The average Bonchev–Trinajstić information content (AvgIpc) is 2.65.